The molecule has 1 radical (unpaired) electrons. The van der Waals surface area contributed by atoms with Gasteiger partial charge in [0.2, 0.25) is 5.91 Å². The molecule has 0 bridgehead atoms. The largest absolute Gasteiger partial charge is 0.483 e. The Labute approximate surface area is 213 Å². The fourth-order valence-electron chi connectivity index (χ4n) is 2.68. The minimum absolute atomic E-state index is 0. The van der Waals surface area contributed by atoms with Crippen molar-refractivity contribution in [2.75, 3.05) is 12.4 Å². The molecule has 31 heavy (non-hydrogen) atoms. The Morgan fingerprint density at radius 2 is 1.81 bits per heavy atom. The second-order valence-electron chi connectivity index (χ2n) is 5.70. The standard InChI is InChI=1S/C18H14Cl2N5O3.CH4O.Y/c1-10-8-11(19)9-12(17(26)23-24-28)16(10)22-18(27)13-5-6-14(20)25(13)15-4-2-3-7-21-15;1-2;/h2-9,28H,1H3,(H2,22,23,26,27);2H,1H3;/q-1;;. The minimum atomic E-state index is -0.735. The maximum atomic E-state index is 12.9. The van der Waals surface area contributed by atoms with E-state index in [-0.39, 0.29) is 49.7 Å². The van der Waals surface area contributed by atoms with Gasteiger partial charge < -0.3 is 26.6 Å². The van der Waals surface area contributed by atoms with Crippen LogP contribution in [-0.2, 0) is 32.7 Å². The van der Waals surface area contributed by atoms with Gasteiger partial charge in [0.05, 0.1) is 11.3 Å². The van der Waals surface area contributed by atoms with E-state index in [4.69, 9.17) is 33.5 Å². The molecule has 0 aliphatic heterocycles. The topological polar surface area (TPSA) is 131 Å². The Morgan fingerprint density at radius 3 is 2.42 bits per heavy atom. The number of halogens is 2. The molecule has 4 N–H and O–H groups in total. The monoisotopic (exact) mass is 539 g/mol. The van der Waals surface area contributed by atoms with E-state index in [9.17, 15) is 9.59 Å². The number of anilines is 1. The summed E-state index contributed by atoms with van der Waals surface area (Å²) >= 11 is 12.2. The number of aliphatic hydroxyl groups excluding tert-OH is 1. The van der Waals surface area contributed by atoms with Crippen LogP contribution in [0.3, 0.4) is 0 Å². The molecule has 161 valence electrons. The Bertz CT molecular complexity index is 1050. The summed E-state index contributed by atoms with van der Waals surface area (Å²) in [6.07, 6.45) is 1.58. The predicted molar refractivity (Wildman–Crippen MR) is 113 cm³/mol. The van der Waals surface area contributed by atoms with Gasteiger partial charge >= 0.3 is 0 Å². The van der Waals surface area contributed by atoms with Crippen LogP contribution < -0.4 is 10.7 Å². The molecule has 3 aromatic rings. The number of pyridine rings is 1. The van der Waals surface area contributed by atoms with Crippen molar-refractivity contribution in [3.63, 3.8) is 0 Å². The van der Waals surface area contributed by atoms with Gasteiger partial charge in [-0.1, -0.05) is 29.3 Å². The molecule has 0 saturated heterocycles. The van der Waals surface area contributed by atoms with Crippen molar-refractivity contribution in [3.05, 3.63) is 81.2 Å². The molecule has 0 spiro atoms. The molecule has 1 aromatic carbocycles. The van der Waals surface area contributed by atoms with E-state index in [1.165, 1.54) is 10.6 Å². The zero-order valence-electron chi connectivity index (χ0n) is 16.5. The molecule has 0 aliphatic rings. The molecule has 3 rings (SSSR count). The second kappa shape index (κ2) is 12.9. The smallest absolute Gasteiger partial charge is 0.272 e. The molecule has 2 amide bonds. The van der Waals surface area contributed by atoms with E-state index < -0.39 is 11.8 Å². The van der Waals surface area contributed by atoms with E-state index in [1.807, 2.05) is 5.43 Å². The maximum absolute atomic E-state index is 12.9. The maximum Gasteiger partial charge on any atom is 0.272 e. The summed E-state index contributed by atoms with van der Waals surface area (Å²) in [5.74, 6) is -0.785. The van der Waals surface area contributed by atoms with E-state index in [0.717, 1.165) is 7.11 Å². The van der Waals surface area contributed by atoms with Gasteiger partial charge in [-0.3, -0.25) is 14.2 Å². The average molecular weight is 540 g/mol. The van der Waals surface area contributed by atoms with Gasteiger partial charge in [-0.05, 0) is 48.9 Å². The fraction of sp³-hybridized carbons (Fsp3) is 0.105. The molecule has 0 saturated carbocycles. The van der Waals surface area contributed by atoms with Gasteiger partial charge in [0.15, 0.2) is 0 Å². The van der Waals surface area contributed by atoms with Crippen LogP contribution in [0.4, 0.5) is 5.69 Å². The zero-order valence-corrected chi connectivity index (χ0v) is 20.9. The van der Waals surface area contributed by atoms with Crippen LogP contribution in [0.1, 0.15) is 26.4 Å². The Balaban J connectivity index is 0.00000156. The molecular formula is C19H18Cl2N5O4Y-. The summed E-state index contributed by atoms with van der Waals surface area (Å²) in [5.41, 5.74) is 5.56. The molecule has 9 nitrogen and oxygen atoms in total. The van der Waals surface area contributed by atoms with Crippen LogP contribution in [0.15, 0.2) is 48.7 Å². The summed E-state index contributed by atoms with van der Waals surface area (Å²) in [7, 11) is 1.00. The van der Waals surface area contributed by atoms with E-state index in [2.05, 4.69) is 15.9 Å². The van der Waals surface area contributed by atoms with Gasteiger partial charge in [0.1, 0.15) is 16.7 Å². The number of carbonyl (C=O) groups excluding carboxylic acids is 2. The number of rotatable bonds is 5. The zero-order chi connectivity index (χ0) is 22.3. The number of amides is 2. The Kier molecular flexibility index (Phi) is 11.3. The first-order chi connectivity index (χ1) is 14.4. The summed E-state index contributed by atoms with van der Waals surface area (Å²) in [4.78, 5) is 29.3. The molecule has 0 fully saturated rings. The van der Waals surface area contributed by atoms with Crippen LogP contribution in [0.5, 0.6) is 0 Å². The van der Waals surface area contributed by atoms with Crippen molar-refractivity contribution in [2.24, 2.45) is 0 Å². The number of aliphatic hydroxyl groups is 1. The Morgan fingerprint density at radius 1 is 1.10 bits per heavy atom. The molecule has 2 heterocycles. The van der Waals surface area contributed by atoms with Crippen molar-refractivity contribution in [3.8, 4) is 5.82 Å². The summed E-state index contributed by atoms with van der Waals surface area (Å²) < 4.78 is 1.48. The van der Waals surface area contributed by atoms with Crippen molar-refractivity contribution >= 4 is 40.7 Å². The quantitative estimate of drug-likeness (QED) is 0.367. The molecule has 2 aromatic heterocycles. The fourth-order valence-corrected chi connectivity index (χ4v) is 3.19. The third-order valence-corrected chi connectivity index (χ3v) is 4.39. The molecule has 0 aliphatic carbocycles. The number of aryl methyl sites for hydroxylation is 1. The first-order valence-electron chi connectivity index (χ1n) is 8.41. The van der Waals surface area contributed by atoms with E-state index in [0.29, 0.717) is 21.6 Å². The first kappa shape index (κ1) is 27.2. The number of hydrogen-bond donors (Lipinski definition) is 4. The summed E-state index contributed by atoms with van der Waals surface area (Å²) in [6.45, 7) is 1.68. The SMILES string of the molecule is CO.Cc1cc(Cl)cc(C(=O)N[N-]O)c1NC(=O)c1ccc(Cl)n1-c1ccccn1.[Y]. The van der Waals surface area contributed by atoms with Crippen LogP contribution in [-0.4, -0.2) is 38.8 Å². The third kappa shape index (κ3) is 6.57. The molecule has 0 unspecified atom stereocenters. The van der Waals surface area contributed by atoms with E-state index >= 15 is 0 Å². The summed E-state index contributed by atoms with van der Waals surface area (Å²) in [6, 6.07) is 11.3. The molecule has 0 atom stereocenters. The predicted octanol–water partition coefficient (Wildman–Crippen LogP) is 3.75. The van der Waals surface area contributed by atoms with Crippen LogP contribution >= 0.6 is 23.2 Å². The second-order valence-corrected chi connectivity index (χ2v) is 6.53. The molecule has 12 heteroatoms. The van der Waals surface area contributed by atoms with Crippen molar-refractivity contribution < 1.29 is 52.6 Å². The van der Waals surface area contributed by atoms with Gasteiger partial charge in [-0.15, -0.1) is 0 Å². The number of carbonyl (C=O) groups is 2. The number of aromatic nitrogens is 2. The van der Waals surface area contributed by atoms with Gasteiger partial charge in [-0.2, -0.15) is 0 Å². The van der Waals surface area contributed by atoms with Crippen LogP contribution in [0.2, 0.25) is 10.2 Å². The number of hydrogen-bond acceptors (Lipinski definition) is 5. The number of nitrogens with zero attached hydrogens (tertiary/aromatic N) is 3. The Hall–Kier alpha value is -1.85. The van der Waals surface area contributed by atoms with Crippen LogP contribution in [0, 0.1) is 6.92 Å². The normalized spacial score (nSPS) is 9.74. The van der Waals surface area contributed by atoms with Gasteiger partial charge in [-0.25, -0.2) is 4.98 Å². The van der Waals surface area contributed by atoms with Crippen LogP contribution in [0.25, 0.3) is 11.4 Å². The summed E-state index contributed by atoms with van der Waals surface area (Å²) in [5, 5.41) is 18.9. The minimum Gasteiger partial charge on any atom is -0.483 e. The average Bonchev–Trinajstić information content (AvgIpc) is 3.13. The van der Waals surface area contributed by atoms with Crippen molar-refractivity contribution in [2.45, 2.75) is 6.92 Å². The molecular weight excluding hydrogens is 522 g/mol. The van der Waals surface area contributed by atoms with Crippen molar-refractivity contribution in [1.82, 2.24) is 15.0 Å². The van der Waals surface area contributed by atoms with Gasteiger partial charge in [0.25, 0.3) is 5.91 Å². The van der Waals surface area contributed by atoms with Crippen molar-refractivity contribution in [1.29, 1.82) is 0 Å². The van der Waals surface area contributed by atoms with Gasteiger partial charge in [0, 0.05) is 51.0 Å². The number of benzene rings is 1. The first-order valence-corrected chi connectivity index (χ1v) is 9.17. The number of nitrogens with one attached hydrogen (secondary N) is 2. The third-order valence-electron chi connectivity index (χ3n) is 3.88. The van der Waals surface area contributed by atoms with E-state index in [1.54, 1.807) is 49.5 Å².